The maximum atomic E-state index is 5.88. The molecular formula is C12H9ClN2S2. The summed E-state index contributed by atoms with van der Waals surface area (Å²) in [5.74, 6) is 0. The second-order valence-electron chi connectivity index (χ2n) is 3.34. The highest BCUT2D eigenvalue weighted by Gasteiger charge is 2.03. The van der Waals surface area contributed by atoms with Crippen LogP contribution in [-0.4, -0.2) is 9.97 Å². The van der Waals surface area contributed by atoms with Gasteiger partial charge < -0.3 is 5.32 Å². The van der Waals surface area contributed by atoms with Gasteiger partial charge in [-0.2, -0.15) is 0 Å². The summed E-state index contributed by atoms with van der Waals surface area (Å²) in [6, 6.07) is 11.0. The van der Waals surface area contributed by atoms with E-state index < -0.39 is 0 Å². The molecule has 2 nitrogen and oxygen atoms in total. The van der Waals surface area contributed by atoms with E-state index in [4.69, 9.17) is 23.8 Å². The Balaban J connectivity index is 2.16. The zero-order valence-electron chi connectivity index (χ0n) is 8.72. The van der Waals surface area contributed by atoms with Gasteiger partial charge in [0.05, 0.1) is 10.7 Å². The highest BCUT2D eigenvalue weighted by atomic mass is 35.5. The lowest BCUT2D eigenvalue weighted by atomic mass is 10.3. The van der Waals surface area contributed by atoms with E-state index in [0.29, 0.717) is 14.9 Å². The molecule has 1 heterocycles. The van der Waals surface area contributed by atoms with Crippen LogP contribution in [0.5, 0.6) is 0 Å². The van der Waals surface area contributed by atoms with Crippen LogP contribution in [0.1, 0.15) is 5.69 Å². The van der Waals surface area contributed by atoms with Crippen molar-refractivity contribution in [1.82, 2.24) is 4.98 Å². The maximum absolute atomic E-state index is 5.88. The number of nitrogens with one attached hydrogen (secondary N) is 1. The van der Waals surface area contributed by atoms with E-state index in [1.54, 1.807) is 12.3 Å². The number of aromatic nitrogens is 1. The molecule has 2 aromatic rings. The van der Waals surface area contributed by atoms with E-state index in [1.165, 1.54) is 0 Å². The number of pyridine rings is 1. The van der Waals surface area contributed by atoms with Gasteiger partial charge in [-0.1, -0.05) is 29.9 Å². The third-order valence-electron chi connectivity index (χ3n) is 2.10. The molecule has 0 saturated carbocycles. The summed E-state index contributed by atoms with van der Waals surface area (Å²) >= 11 is 15.4. The molecule has 1 N–H and O–H groups in total. The molecular weight excluding hydrogens is 272 g/mol. The van der Waals surface area contributed by atoms with Gasteiger partial charge in [0.15, 0.2) is 0 Å². The fraction of sp³-hybridized carbons (Fsp3) is 0. The molecule has 0 fully saturated rings. The lowest BCUT2D eigenvalue weighted by Crippen LogP contribution is -2.11. The minimum atomic E-state index is 0.570. The molecule has 2 rings (SSSR count). The highest BCUT2D eigenvalue weighted by molar-refractivity contribution is 7.81. The van der Waals surface area contributed by atoms with E-state index in [1.807, 2.05) is 30.3 Å². The first-order chi connectivity index (χ1) is 8.16. The van der Waals surface area contributed by atoms with Gasteiger partial charge in [-0.3, -0.25) is 4.98 Å². The van der Waals surface area contributed by atoms with Gasteiger partial charge in [0.25, 0.3) is 0 Å². The van der Waals surface area contributed by atoms with Crippen LogP contribution < -0.4 is 5.32 Å². The number of nitrogens with zero attached hydrogens (tertiary/aromatic N) is 1. The van der Waals surface area contributed by atoms with Crippen LogP contribution in [0.2, 0.25) is 5.02 Å². The summed E-state index contributed by atoms with van der Waals surface area (Å²) in [4.78, 5) is 5.44. The Hall–Kier alpha value is -1.10. The van der Waals surface area contributed by atoms with Gasteiger partial charge in [0, 0.05) is 16.8 Å². The molecule has 5 heteroatoms. The molecule has 1 aromatic heterocycles. The fourth-order valence-electron chi connectivity index (χ4n) is 1.28. The summed E-state index contributed by atoms with van der Waals surface area (Å²) in [6.07, 6.45) is 1.70. The lowest BCUT2D eigenvalue weighted by molar-refractivity contribution is 1.30. The van der Waals surface area contributed by atoms with E-state index in [2.05, 4.69) is 22.9 Å². The van der Waals surface area contributed by atoms with Crippen molar-refractivity contribution in [3.05, 3.63) is 53.3 Å². The van der Waals surface area contributed by atoms with Gasteiger partial charge in [-0.05, 0) is 30.3 Å². The molecule has 86 valence electrons. The number of halogens is 1. The van der Waals surface area contributed by atoms with Crippen molar-refractivity contribution in [3.63, 3.8) is 0 Å². The number of anilines is 1. The van der Waals surface area contributed by atoms with Gasteiger partial charge in [0.2, 0.25) is 0 Å². The Morgan fingerprint density at radius 1 is 1.29 bits per heavy atom. The van der Waals surface area contributed by atoms with Crippen molar-refractivity contribution in [2.45, 2.75) is 4.90 Å². The summed E-state index contributed by atoms with van der Waals surface area (Å²) in [5.41, 5.74) is 1.58. The zero-order chi connectivity index (χ0) is 12.3. The van der Waals surface area contributed by atoms with Crippen LogP contribution in [0.3, 0.4) is 0 Å². The monoisotopic (exact) mass is 280 g/mol. The predicted molar refractivity (Wildman–Crippen MR) is 78.3 cm³/mol. The lowest BCUT2D eigenvalue weighted by Gasteiger charge is -2.08. The molecule has 0 amide bonds. The van der Waals surface area contributed by atoms with Crippen molar-refractivity contribution in [1.29, 1.82) is 0 Å². The SMILES string of the molecule is S=C(Nc1ccc(Cl)c(S)c1)c1ccccn1. The van der Waals surface area contributed by atoms with Crippen LogP contribution in [0.4, 0.5) is 5.69 Å². The van der Waals surface area contributed by atoms with E-state index >= 15 is 0 Å². The Kier molecular flexibility index (Phi) is 3.99. The molecule has 0 atom stereocenters. The van der Waals surface area contributed by atoms with Crippen LogP contribution in [0.25, 0.3) is 0 Å². The second kappa shape index (κ2) is 5.49. The largest absolute Gasteiger partial charge is 0.345 e. The molecule has 0 spiro atoms. The fourth-order valence-corrected chi connectivity index (χ4v) is 1.85. The second-order valence-corrected chi connectivity index (χ2v) is 4.63. The van der Waals surface area contributed by atoms with Crippen molar-refractivity contribution < 1.29 is 0 Å². The molecule has 0 saturated heterocycles. The molecule has 1 aromatic carbocycles. The van der Waals surface area contributed by atoms with Crippen LogP contribution in [-0.2, 0) is 0 Å². The van der Waals surface area contributed by atoms with Gasteiger partial charge in [0.1, 0.15) is 4.99 Å². The predicted octanol–water partition coefficient (Wildman–Crippen LogP) is 3.81. The minimum absolute atomic E-state index is 0.570. The third-order valence-corrected chi connectivity index (χ3v) is 3.24. The summed E-state index contributed by atoms with van der Waals surface area (Å²) in [5, 5.41) is 3.70. The molecule has 0 aliphatic carbocycles. The number of rotatable bonds is 2. The van der Waals surface area contributed by atoms with Crippen molar-refractivity contribution >= 4 is 47.1 Å². The summed E-state index contributed by atoms with van der Waals surface area (Å²) in [7, 11) is 0. The Morgan fingerprint density at radius 3 is 2.76 bits per heavy atom. The van der Waals surface area contributed by atoms with Gasteiger partial charge >= 0.3 is 0 Å². The average Bonchev–Trinajstić information content (AvgIpc) is 2.35. The first-order valence-electron chi connectivity index (χ1n) is 4.88. The van der Waals surface area contributed by atoms with E-state index in [-0.39, 0.29) is 0 Å². The smallest absolute Gasteiger partial charge is 0.129 e. The van der Waals surface area contributed by atoms with Crippen LogP contribution in [0.15, 0.2) is 47.5 Å². The topological polar surface area (TPSA) is 24.9 Å². The summed E-state index contributed by atoms with van der Waals surface area (Å²) in [6.45, 7) is 0. The molecule has 0 aliphatic rings. The maximum Gasteiger partial charge on any atom is 0.129 e. The number of thiol groups is 1. The molecule has 0 radical (unpaired) electrons. The standard InChI is InChI=1S/C12H9ClN2S2/c13-9-5-4-8(7-11(9)16)15-12(17)10-3-1-2-6-14-10/h1-7,16H,(H,15,17). The van der Waals surface area contributed by atoms with Crippen molar-refractivity contribution in [3.8, 4) is 0 Å². The number of hydrogen-bond donors (Lipinski definition) is 2. The number of benzene rings is 1. The normalized spacial score (nSPS) is 10.0. The number of thiocarbonyl (C=S) groups is 1. The van der Waals surface area contributed by atoms with Gasteiger partial charge in [-0.15, -0.1) is 12.6 Å². The molecule has 17 heavy (non-hydrogen) atoms. The van der Waals surface area contributed by atoms with E-state index in [0.717, 1.165) is 11.4 Å². The highest BCUT2D eigenvalue weighted by Crippen LogP contribution is 2.23. The zero-order valence-corrected chi connectivity index (χ0v) is 11.2. The number of hydrogen-bond acceptors (Lipinski definition) is 3. The quantitative estimate of drug-likeness (QED) is 0.646. The van der Waals surface area contributed by atoms with Crippen LogP contribution >= 0.6 is 36.4 Å². The minimum Gasteiger partial charge on any atom is -0.345 e. The molecule has 0 bridgehead atoms. The Bertz CT molecular complexity index is 543. The van der Waals surface area contributed by atoms with Crippen molar-refractivity contribution in [2.75, 3.05) is 5.32 Å². The van der Waals surface area contributed by atoms with E-state index in [9.17, 15) is 0 Å². The van der Waals surface area contributed by atoms with Gasteiger partial charge in [-0.25, -0.2) is 0 Å². The molecule has 0 aliphatic heterocycles. The molecule has 0 unspecified atom stereocenters. The third kappa shape index (κ3) is 3.19. The first kappa shape index (κ1) is 12.4. The Labute approximate surface area is 115 Å². The van der Waals surface area contributed by atoms with Crippen LogP contribution in [0, 0.1) is 0 Å². The van der Waals surface area contributed by atoms with Crippen molar-refractivity contribution in [2.24, 2.45) is 0 Å². The average molecular weight is 281 g/mol. The Morgan fingerprint density at radius 2 is 2.12 bits per heavy atom. The first-order valence-corrected chi connectivity index (χ1v) is 6.11. The summed E-state index contributed by atoms with van der Waals surface area (Å²) < 4.78 is 0.